The lowest BCUT2D eigenvalue weighted by Crippen LogP contribution is -2.20. The predicted octanol–water partition coefficient (Wildman–Crippen LogP) is 5.01. The fraction of sp³-hybridized carbons (Fsp3) is 0.409. The minimum absolute atomic E-state index is 0.0263. The van der Waals surface area contributed by atoms with Crippen molar-refractivity contribution in [1.82, 2.24) is 0 Å². The van der Waals surface area contributed by atoms with Gasteiger partial charge in [-0.25, -0.2) is 0 Å². The normalized spacial score (nSPS) is 14.9. The molecule has 4 rings (SSSR count). The van der Waals surface area contributed by atoms with Crippen molar-refractivity contribution in [2.75, 3.05) is 23.6 Å². The fourth-order valence-corrected chi connectivity index (χ4v) is 3.90. The summed E-state index contributed by atoms with van der Waals surface area (Å²) in [6.07, 6.45) is 1.44. The molecule has 0 radical (unpaired) electrons. The average molecular weight is 401 g/mol. The topological polar surface area (TPSA) is 50.8 Å². The van der Waals surface area contributed by atoms with Gasteiger partial charge in [0.25, 0.3) is 0 Å². The van der Waals surface area contributed by atoms with Gasteiger partial charge in [-0.05, 0) is 47.2 Å². The van der Waals surface area contributed by atoms with Gasteiger partial charge in [-0.3, -0.25) is 4.79 Å². The molecule has 0 bridgehead atoms. The van der Waals surface area contributed by atoms with Gasteiger partial charge in [0.2, 0.25) is 12.7 Å². The number of rotatable bonds is 4. The van der Waals surface area contributed by atoms with Gasteiger partial charge in [-0.2, -0.15) is 0 Å². The average Bonchev–Trinajstić information content (AvgIpc) is 3.20. The molecule has 2 aliphatic heterocycles. The van der Waals surface area contributed by atoms with E-state index >= 15 is 0 Å². The van der Waals surface area contributed by atoms with Gasteiger partial charge < -0.3 is 19.7 Å². The molecule has 0 saturated carbocycles. The lowest BCUT2D eigenvalue weighted by atomic mass is 9.92. The highest BCUT2D eigenvalue weighted by molar-refractivity contribution is 6.31. The molecule has 28 heavy (non-hydrogen) atoms. The quantitative estimate of drug-likeness (QED) is 0.784. The molecule has 0 atom stereocenters. The molecule has 1 amide bonds. The van der Waals surface area contributed by atoms with Crippen molar-refractivity contribution >= 4 is 28.9 Å². The van der Waals surface area contributed by atoms with Gasteiger partial charge in [0, 0.05) is 42.0 Å². The highest BCUT2D eigenvalue weighted by Crippen LogP contribution is 2.39. The number of carbonyl (C=O) groups excluding carboxylic acids is 1. The van der Waals surface area contributed by atoms with Crippen LogP contribution >= 0.6 is 11.6 Å². The molecule has 0 fully saturated rings. The van der Waals surface area contributed by atoms with Crippen LogP contribution in [-0.2, 0) is 17.8 Å². The number of anilines is 2. The van der Waals surface area contributed by atoms with Gasteiger partial charge in [0.1, 0.15) is 0 Å². The lowest BCUT2D eigenvalue weighted by molar-refractivity contribution is -0.117. The van der Waals surface area contributed by atoms with E-state index in [9.17, 15) is 4.79 Å². The molecule has 2 aromatic carbocycles. The molecule has 6 heteroatoms. The Morgan fingerprint density at radius 3 is 2.68 bits per heavy atom. The highest BCUT2D eigenvalue weighted by atomic mass is 35.5. The third-order valence-corrected chi connectivity index (χ3v) is 5.30. The zero-order chi connectivity index (χ0) is 19.9. The maximum atomic E-state index is 12.2. The largest absolute Gasteiger partial charge is 0.454 e. The monoisotopic (exact) mass is 400 g/mol. The first-order valence-electron chi connectivity index (χ1n) is 9.54. The molecule has 0 unspecified atom stereocenters. The Bertz CT molecular complexity index is 921. The van der Waals surface area contributed by atoms with Gasteiger partial charge in [0.15, 0.2) is 11.5 Å². The fourth-order valence-electron chi connectivity index (χ4n) is 3.69. The van der Waals surface area contributed by atoms with E-state index in [-0.39, 0.29) is 18.1 Å². The first-order chi connectivity index (χ1) is 13.3. The second-order valence-corrected chi connectivity index (χ2v) is 9.00. The summed E-state index contributed by atoms with van der Waals surface area (Å²) in [5.41, 5.74) is 4.27. The van der Waals surface area contributed by atoms with E-state index in [4.69, 9.17) is 21.1 Å². The summed E-state index contributed by atoms with van der Waals surface area (Å²) in [4.78, 5) is 14.5. The smallest absolute Gasteiger partial charge is 0.231 e. The standard InChI is InChI=1S/C22H25ClN2O3/c1-22(2,3)11-21(26)24-16-4-5-18-14(8-16)6-7-25(18)12-15-9-19-20(10-17(15)23)28-13-27-19/h4-5,8-10H,6-7,11-13H2,1-3H3,(H,24,26). The molecular weight excluding hydrogens is 376 g/mol. The summed E-state index contributed by atoms with van der Waals surface area (Å²) in [6.45, 7) is 8.06. The minimum atomic E-state index is -0.0263. The number of nitrogens with zero attached hydrogens (tertiary/aromatic N) is 1. The van der Waals surface area contributed by atoms with E-state index in [1.807, 2.05) is 18.2 Å². The van der Waals surface area contributed by atoms with Crippen molar-refractivity contribution in [3.05, 3.63) is 46.5 Å². The van der Waals surface area contributed by atoms with E-state index in [0.717, 1.165) is 30.0 Å². The van der Waals surface area contributed by atoms with Crippen molar-refractivity contribution in [2.24, 2.45) is 5.41 Å². The van der Waals surface area contributed by atoms with Gasteiger partial charge >= 0.3 is 0 Å². The van der Waals surface area contributed by atoms with E-state index < -0.39 is 0 Å². The number of amides is 1. The van der Waals surface area contributed by atoms with Crippen LogP contribution in [0.15, 0.2) is 30.3 Å². The Hall–Kier alpha value is -2.40. The van der Waals surface area contributed by atoms with Crippen LogP contribution in [0.1, 0.15) is 38.3 Å². The summed E-state index contributed by atoms with van der Waals surface area (Å²) >= 11 is 6.44. The molecule has 2 aromatic rings. The molecule has 148 valence electrons. The van der Waals surface area contributed by atoms with Crippen LogP contribution in [0.2, 0.25) is 5.02 Å². The van der Waals surface area contributed by atoms with E-state index in [2.05, 4.69) is 43.1 Å². The molecule has 1 N–H and O–H groups in total. The molecule has 2 heterocycles. The Kier molecular flexibility index (Phi) is 4.88. The maximum absolute atomic E-state index is 12.2. The number of fused-ring (bicyclic) bond motifs is 2. The van der Waals surface area contributed by atoms with Gasteiger partial charge in [-0.15, -0.1) is 0 Å². The molecule has 0 spiro atoms. The summed E-state index contributed by atoms with van der Waals surface area (Å²) in [6, 6.07) is 9.92. The van der Waals surface area contributed by atoms with Gasteiger partial charge in [0.05, 0.1) is 0 Å². The lowest BCUT2D eigenvalue weighted by Gasteiger charge is -2.21. The number of nitrogens with one attached hydrogen (secondary N) is 1. The number of benzene rings is 2. The van der Waals surface area contributed by atoms with Crippen LogP contribution in [0.25, 0.3) is 0 Å². The molecule has 0 aromatic heterocycles. The number of halogens is 1. The number of ether oxygens (including phenoxy) is 2. The van der Waals surface area contributed by atoms with E-state index in [0.29, 0.717) is 23.7 Å². The Morgan fingerprint density at radius 2 is 1.93 bits per heavy atom. The zero-order valence-electron chi connectivity index (χ0n) is 16.5. The third-order valence-electron chi connectivity index (χ3n) is 4.95. The van der Waals surface area contributed by atoms with Crippen molar-refractivity contribution in [3.63, 3.8) is 0 Å². The van der Waals surface area contributed by atoms with Crippen molar-refractivity contribution in [1.29, 1.82) is 0 Å². The van der Waals surface area contributed by atoms with Crippen molar-refractivity contribution in [2.45, 2.75) is 40.2 Å². The van der Waals surface area contributed by atoms with E-state index in [1.165, 1.54) is 11.3 Å². The van der Waals surface area contributed by atoms with Crippen LogP contribution in [0.4, 0.5) is 11.4 Å². The Morgan fingerprint density at radius 1 is 1.18 bits per heavy atom. The molecule has 0 saturated heterocycles. The first kappa shape index (κ1) is 18.9. The number of hydrogen-bond donors (Lipinski definition) is 1. The minimum Gasteiger partial charge on any atom is -0.454 e. The van der Waals surface area contributed by atoms with Crippen LogP contribution < -0.4 is 19.7 Å². The summed E-state index contributed by atoms with van der Waals surface area (Å²) in [7, 11) is 0. The number of carbonyl (C=O) groups is 1. The van der Waals surface area contributed by atoms with Crippen LogP contribution in [-0.4, -0.2) is 19.2 Å². The molecule has 2 aliphatic rings. The molecular formula is C22H25ClN2O3. The van der Waals surface area contributed by atoms with Crippen molar-refractivity contribution in [3.8, 4) is 11.5 Å². The third kappa shape index (κ3) is 4.04. The molecule has 0 aliphatic carbocycles. The highest BCUT2D eigenvalue weighted by Gasteiger charge is 2.23. The SMILES string of the molecule is CC(C)(C)CC(=O)Nc1ccc2c(c1)CCN2Cc1cc2c(cc1Cl)OCO2. The van der Waals surface area contributed by atoms with Crippen LogP contribution in [0, 0.1) is 5.41 Å². The summed E-state index contributed by atoms with van der Waals surface area (Å²) in [5.74, 6) is 1.50. The molecule has 5 nitrogen and oxygen atoms in total. The maximum Gasteiger partial charge on any atom is 0.231 e. The number of hydrogen-bond acceptors (Lipinski definition) is 4. The first-order valence-corrected chi connectivity index (χ1v) is 9.92. The predicted molar refractivity (Wildman–Crippen MR) is 111 cm³/mol. The Balaban J connectivity index is 1.47. The second-order valence-electron chi connectivity index (χ2n) is 8.60. The van der Waals surface area contributed by atoms with E-state index in [1.54, 1.807) is 0 Å². The van der Waals surface area contributed by atoms with Crippen LogP contribution in [0.5, 0.6) is 11.5 Å². The van der Waals surface area contributed by atoms with Gasteiger partial charge in [-0.1, -0.05) is 32.4 Å². The summed E-state index contributed by atoms with van der Waals surface area (Å²) in [5, 5.41) is 3.71. The van der Waals surface area contributed by atoms with Crippen molar-refractivity contribution < 1.29 is 14.3 Å². The Labute approximate surface area is 170 Å². The summed E-state index contributed by atoms with van der Waals surface area (Å²) < 4.78 is 10.9. The second kappa shape index (κ2) is 7.21. The zero-order valence-corrected chi connectivity index (χ0v) is 17.2. The van der Waals surface area contributed by atoms with Crippen LogP contribution in [0.3, 0.4) is 0 Å².